The molecule has 2 unspecified atom stereocenters. The highest BCUT2D eigenvalue weighted by atomic mass is 35.5. The third kappa shape index (κ3) is 4.28. The molecule has 1 saturated heterocycles. The van der Waals surface area contributed by atoms with Crippen molar-refractivity contribution in [2.45, 2.75) is 25.7 Å². The van der Waals surface area contributed by atoms with Gasteiger partial charge in [0.1, 0.15) is 5.75 Å². The van der Waals surface area contributed by atoms with Crippen molar-refractivity contribution in [1.82, 2.24) is 10.3 Å². The molecule has 130 valence electrons. The van der Waals surface area contributed by atoms with E-state index in [4.69, 9.17) is 4.74 Å². The number of aromatic nitrogens is 1. The molecule has 0 saturated carbocycles. The van der Waals surface area contributed by atoms with E-state index in [9.17, 15) is 0 Å². The largest absolute Gasteiger partial charge is 0.497 e. The number of rotatable bonds is 6. The van der Waals surface area contributed by atoms with E-state index in [1.54, 1.807) is 7.11 Å². The number of methoxy groups -OCH3 is 1. The molecule has 1 N–H and O–H groups in total. The van der Waals surface area contributed by atoms with Gasteiger partial charge in [-0.25, -0.2) is 0 Å². The lowest BCUT2D eigenvalue weighted by Crippen LogP contribution is -2.35. The molecule has 1 aliphatic rings. The van der Waals surface area contributed by atoms with Crippen LogP contribution in [-0.2, 0) is 6.42 Å². The monoisotopic (exact) mass is 346 g/mol. The minimum atomic E-state index is 0. The van der Waals surface area contributed by atoms with E-state index in [0.717, 1.165) is 36.7 Å². The summed E-state index contributed by atoms with van der Waals surface area (Å²) in [6.07, 6.45) is 8.89. The van der Waals surface area contributed by atoms with Crippen LogP contribution in [0.15, 0.2) is 43.1 Å². The quantitative estimate of drug-likeness (QED) is 0.787. The molecule has 1 aromatic heterocycles. The molecule has 2 heterocycles. The van der Waals surface area contributed by atoms with Crippen LogP contribution in [-0.4, -0.2) is 25.2 Å². The number of halogens is 1. The van der Waals surface area contributed by atoms with Crippen LogP contribution in [0.3, 0.4) is 0 Å². The van der Waals surface area contributed by atoms with Gasteiger partial charge in [0.2, 0.25) is 0 Å². The predicted molar refractivity (Wildman–Crippen MR) is 103 cm³/mol. The molecule has 24 heavy (non-hydrogen) atoms. The highest BCUT2D eigenvalue weighted by Crippen LogP contribution is 2.27. The summed E-state index contributed by atoms with van der Waals surface area (Å²) in [7, 11) is 1.71. The first-order chi connectivity index (χ1) is 11.3. The Bertz CT molecular complexity index is 674. The number of nitrogens with zero attached hydrogens (tertiary/aromatic N) is 1. The molecule has 2 atom stereocenters. The number of piperidine rings is 1. The van der Waals surface area contributed by atoms with Gasteiger partial charge in [-0.15, -0.1) is 19.0 Å². The number of pyridine rings is 1. The molecule has 2 aromatic rings. The lowest BCUT2D eigenvalue weighted by atomic mass is 9.82. The zero-order chi connectivity index (χ0) is 16.1. The Labute approximate surface area is 150 Å². The summed E-state index contributed by atoms with van der Waals surface area (Å²) in [5, 5.41) is 4.69. The Balaban J connectivity index is 0.00000208. The first-order valence-corrected chi connectivity index (χ1v) is 8.56. The second kappa shape index (κ2) is 9.05. The number of ether oxygens (including phenoxy) is 1. The van der Waals surface area contributed by atoms with Gasteiger partial charge in [0, 0.05) is 18.1 Å². The number of nitrogens with one attached hydrogen (secondary N) is 1. The van der Waals surface area contributed by atoms with Crippen LogP contribution < -0.4 is 10.1 Å². The maximum atomic E-state index is 5.36. The Morgan fingerprint density at radius 1 is 1.38 bits per heavy atom. The van der Waals surface area contributed by atoms with E-state index in [-0.39, 0.29) is 12.4 Å². The third-order valence-electron chi connectivity index (χ3n) is 5.04. The second-order valence-electron chi connectivity index (χ2n) is 6.40. The molecule has 1 aliphatic heterocycles. The van der Waals surface area contributed by atoms with Crippen molar-refractivity contribution in [3.8, 4) is 5.75 Å². The highest BCUT2D eigenvalue weighted by molar-refractivity contribution is 5.85. The maximum absolute atomic E-state index is 5.36. The summed E-state index contributed by atoms with van der Waals surface area (Å²) in [5.74, 6) is 2.30. The van der Waals surface area contributed by atoms with Gasteiger partial charge in [-0.05, 0) is 73.9 Å². The van der Waals surface area contributed by atoms with Crippen molar-refractivity contribution >= 4 is 23.3 Å². The molecular weight excluding hydrogens is 320 g/mol. The van der Waals surface area contributed by atoms with Crippen molar-refractivity contribution in [2.24, 2.45) is 11.8 Å². The van der Waals surface area contributed by atoms with Crippen LogP contribution in [0.4, 0.5) is 0 Å². The Morgan fingerprint density at radius 2 is 2.25 bits per heavy atom. The first kappa shape index (κ1) is 18.8. The Morgan fingerprint density at radius 3 is 3.04 bits per heavy atom. The van der Waals surface area contributed by atoms with Crippen LogP contribution in [0.2, 0.25) is 0 Å². The molecule has 0 spiro atoms. The number of hydrogen-bond acceptors (Lipinski definition) is 3. The summed E-state index contributed by atoms with van der Waals surface area (Å²) < 4.78 is 5.36. The third-order valence-corrected chi connectivity index (χ3v) is 5.04. The average Bonchev–Trinajstić information content (AvgIpc) is 2.62. The van der Waals surface area contributed by atoms with Gasteiger partial charge in [-0.1, -0.05) is 6.08 Å². The minimum absolute atomic E-state index is 0. The standard InChI is InChI=1S/C20H26N2O.ClH/c1-3-15-14-21-11-9-16(15)5-4-6-17-10-12-22-20-8-7-18(23-2)13-19(17)20;/h3,7-8,10,12-13,15-16,21H,1,4-6,9,11,14H2,2H3;1H. The summed E-state index contributed by atoms with van der Waals surface area (Å²) in [6.45, 7) is 6.23. The first-order valence-electron chi connectivity index (χ1n) is 8.56. The van der Waals surface area contributed by atoms with Gasteiger partial charge in [0.15, 0.2) is 0 Å². The van der Waals surface area contributed by atoms with E-state index >= 15 is 0 Å². The van der Waals surface area contributed by atoms with Gasteiger partial charge in [0.05, 0.1) is 12.6 Å². The van der Waals surface area contributed by atoms with Crippen molar-refractivity contribution in [3.63, 3.8) is 0 Å². The second-order valence-corrected chi connectivity index (χ2v) is 6.40. The summed E-state index contributed by atoms with van der Waals surface area (Å²) in [5.41, 5.74) is 2.42. The molecule has 1 aromatic carbocycles. The molecule has 1 fully saturated rings. The zero-order valence-electron chi connectivity index (χ0n) is 14.3. The van der Waals surface area contributed by atoms with Crippen LogP contribution in [0.1, 0.15) is 24.8 Å². The molecule has 0 aliphatic carbocycles. The lowest BCUT2D eigenvalue weighted by molar-refractivity contribution is 0.280. The van der Waals surface area contributed by atoms with Crippen LogP contribution in [0.5, 0.6) is 5.75 Å². The number of hydrogen-bond donors (Lipinski definition) is 1. The van der Waals surface area contributed by atoms with Gasteiger partial charge in [-0.3, -0.25) is 4.98 Å². The SMILES string of the molecule is C=CC1CNCCC1CCCc1ccnc2ccc(OC)cc12.Cl. The lowest BCUT2D eigenvalue weighted by Gasteiger charge is -2.30. The van der Waals surface area contributed by atoms with Gasteiger partial charge >= 0.3 is 0 Å². The van der Waals surface area contributed by atoms with Crippen molar-refractivity contribution in [1.29, 1.82) is 0 Å². The Hall–Kier alpha value is -1.58. The molecule has 3 nitrogen and oxygen atoms in total. The van der Waals surface area contributed by atoms with E-state index in [0.29, 0.717) is 5.92 Å². The van der Waals surface area contributed by atoms with E-state index in [1.807, 2.05) is 18.3 Å². The van der Waals surface area contributed by atoms with Crippen molar-refractivity contribution < 1.29 is 4.74 Å². The number of benzene rings is 1. The number of fused-ring (bicyclic) bond motifs is 1. The molecule has 4 heteroatoms. The van der Waals surface area contributed by atoms with E-state index in [1.165, 1.54) is 30.2 Å². The van der Waals surface area contributed by atoms with Gasteiger partial charge in [0.25, 0.3) is 0 Å². The summed E-state index contributed by atoms with van der Waals surface area (Å²) in [4.78, 5) is 4.46. The fourth-order valence-corrected chi connectivity index (χ4v) is 3.65. The molecule has 0 radical (unpaired) electrons. The molecule has 3 rings (SSSR count). The van der Waals surface area contributed by atoms with E-state index < -0.39 is 0 Å². The smallest absolute Gasteiger partial charge is 0.119 e. The topological polar surface area (TPSA) is 34.2 Å². The molecular formula is C20H27ClN2O. The van der Waals surface area contributed by atoms with Crippen molar-refractivity contribution in [3.05, 3.63) is 48.7 Å². The summed E-state index contributed by atoms with van der Waals surface area (Å²) in [6, 6.07) is 8.27. The van der Waals surface area contributed by atoms with E-state index in [2.05, 4.69) is 35.1 Å². The predicted octanol–water partition coefficient (Wildman–Crippen LogP) is 4.40. The van der Waals surface area contributed by atoms with Gasteiger partial charge < -0.3 is 10.1 Å². The maximum Gasteiger partial charge on any atom is 0.119 e. The van der Waals surface area contributed by atoms with Gasteiger partial charge in [-0.2, -0.15) is 0 Å². The average molecular weight is 347 g/mol. The molecule has 0 bridgehead atoms. The van der Waals surface area contributed by atoms with Crippen LogP contribution in [0.25, 0.3) is 10.9 Å². The fraction of sp³-hybridized carbons (Fsp3) is 0.450. The Kier molecular flexibility index (Phi) is 7.07. The fourth-order valence-electron chi connectivity index (χ4n) is 3.65. The minimum Gasteiger partial charge on any atom is -0.497 e. The molecule has 0 amide bonds. The summed E-state index contributed by atoms with van der Waals surface area (Å²) >= 11 is 0. The van der Waals surface area contributed by atoms with Crippen LogP contribution >= 0.6 is 12.4 Å². The van der Waals surface area contributed by atoms with Crippen LogP contribution in [0, 0.1) is 11.8 Å². The van der Waals surface area contributed by atoms with Crippen molar-refractivity contribution in [2.75, 3.05) is 20.2 Å². The normalized spacial score (nSPS) is 20.4. The highest BCUT2D eigenvalue weighted by Gasteiger charge is 2.21. The zero-order valence-corrected chi connectivity index (χ0v) is 15.1. The number of aryl methyl sites for hydroxylation is 1.